The van der Waals surface area contributed by atoms with E-state index in [1.165, 1.54) is 10.5 Å². The van der Waals surface area contributed by atoms with Crippen molar-refractivity contribution in [2.45, 2.75) is 29.9 Å². The summed E-state index contributed by atoms with van der Waals surface area (Å²) in [6.45, 7) is 1.65. The fourth-order valence-corrected chi connectivity index (χ4v) is 3.34. The molecule has 15 heavy (non-hydrogen) atoms. The number of thioether (sulfide) groups is 1. The van der Waals surface area contributed by atoms with E-state index in [9.17, 15) is 4.79 Å². The van der Waals surface area contributed by atoms with Crippen LogP contribution in [0.3, 0.4) is 0 Å². The monoisotopic (exact) mass is 222 g/mol. The van der Waals surface area contributed by atoms with Gasteiger partial charge in [0.25, 0.3) is 0 Å². The number of methoxy groups -OCH3 is 1. The van der Waals surface area contributed by atoms with Crippen LogP contribution in [0.1, 0.15) is 18.9 Å². The molecule has 1 aromatic carbocycles. The fraction of sp³-hybridized carbons (Fsp3) is 0.417. The molecule has 0 saturated carbocycles. The van der Waals surface area contributed by atoms with Gasteiger partial charge < -0.3 is 4.74 Å². The molecule has 0 spiro atoms. The molecule has 1 heterocycles. The first kappa shape index (κ1) is 10.6. The average molecular weight is 222 g/mol. The first-order valence-electron chi connectivity index (χ1n) is 5.02. The van der Waals surface area contributed by atoms with Crippen LogP contribution in [0.25, 0.3) is 0 Å². The summed E-state index contributed by atoms with van der Waals surface area (Å²) in [4.78, 5) is 12.3. The first-order valence-corrected chi connectivity index (χ1v) is 5.90. The highest BCUT2D eigenvalue weighted by Gasteiger charge is 2.25. The SMILES string of the molecule is COc1cccc2c1CC(CC(C)=O)S2. The third-order valence-electron chi connectivity index (χ3n) is 2.55. The van der Waals surface area contributed by atoms with Crippen LogP contribution in [0.15, 0.2) is 23.1 Å². The first-order chi connectivity index (χ1) is 7.20. The molecule has 0 fully saturated rings. The molecule has 0 aromatic heterocycles. The number of ether oxygens (including phenoxy) is 1. The van der Waals surface area contributed by atoms with Crippen molar-refractivity contribution in [3.8, 4) is 5.75 Å². The normalized spacial score (nSPS) is 18.7. The van der Waals surface area contributed by atoms with Gasteiger partial charge in [-0.2, -0.15) is 0 Å². The lowest BCUT2D eigenvalue weighted by Gasteiger charge is -2.05. The van der Waals surface area contributed by atoms with Crippen molar-refractivity contribution in [2.75, 3.05) is 7.11 Å². The number of hydrogen-bond donors (Lipinski definition) is 0. The number of ketones is 1. The maximum atomic E-state index is 11.1. The molecule has 80 valence electrons. The summed E-state index contributed by atoms with van der Waals surface area (Å²) < 4.78 is 5.31. The highest BCUT2D eigenvalue weighted by atomic mass is 32.2. The van der Waals surface area contributed by atoms with Crippen molar-refractivity contribution in [3.05, 3.63) is 23.8 Å². The second-order valence-electron chi connectivity index (χ2n) is 3.79. The van der Waals surface area contributed by atoms with E-state index in [-0.39, 0.29) is 5.78 Å². The minimum Gasteiger partial charge on any atom is -0.496 e. The van der Waals surface area contributed by atoms with Crippen molar-refractivity contribution in [1.29, 1.82) is 0 Å². The van der Waals surface area contributed by atoms with Gasteiger partial charge >= 0.3 is 0 Å². The lowest BCUT2D eigenvalue weighted by Crippen LogP contribution is -2.06. The zero-order valence-electron chi connectivity index (χ0n) is 8.95. The van der Waals surface area contributed by atoms with Crippen molar-refractivity contribution in [3.63, 3.8) is 0 Å². The molecule has 1 atom stereocenters. The molecule has 0 amide bonds. The largest absolute Gasteiger partial charge is 0.496 e. The van der Waals surface area contributed by atoms with Crippen LogP contribution in [0.4, 0.5) is 0 Å². The van der Waals surface area contributed by atoms with Gasteiger partial charge in [-0.15, -0.1) is 11.8 Å². The summed E-state index contributed by atoms with van der Waals surface area (Å²) >= 11 is 1.79. The second kappa shape index (κ2) is 4.27. The summed E-state index contributed by atoms with van der Waals surface area (Å²) in [5.41, 5.74) is 1.26. The summed E-state index contributed by atoms with van der Waals surface area (Å²) in [5, 5.41) is 0.397. The van der Waals surface area contributed by atoms with Crippen LogP contribution in [0, 0.1) is 0 Å². The van der Waals surface area contributed by atoms with Crippen LogP contribution >= 0.6 is 11.8 Å². The molecule has 0 N–H and O–H groups in total. The standard InChI is InChI=1S/C12H14O2S/c1-8(13)6-9-7-10-11(14-2)4-3-5-12(10)15-9/h3-5,9H,6-7H2,1-2H3. The maximum Gasteiger partial charge on any atom is 0.130 e. The molecule has 2 rings (SSSR count). The molecule has 1 aliphatic heterocycles. The van der Waals surface area contributed by atoms with Crippen LogP contribution in [-0.2, 0) is 11.2 Å². The number of fused-ring (bicyclic) bond motifs is 1. The zero-order valence-corrected chi connectivity index (χ0v) is 9.76. The number of rotatable bonds is 3. The molecule has 0 bridgehead atoms. The molecule has 0 aliphatic carbocycles. The van der Waals surface area contributed by atoms with E-state index in [1.54, 1.807) is 25.8 Å². The second-order valence-corrected chi connectivity index (χ2v) is 5.13. The maximum absolute atomic E-state index is 11.1. The number of benzene rings is 1. The lowest BCUT2D eigenvalue weighted by molar-refractivity contribution is -0.116. The van der Waals surface area contributed by atoms with E-state index in [0.29, 0.717) is 11.7 Å². The summed E-state index contributed by atoms with van der Waals surface area (Å²) in [6.07, 6.45) is 1.60. The van der Waals surface area contributed by atoms with Crippen molar-refractivity contribution < 1.29 is 9.53 Å². The Labute approximate surface area is 94.0 Å². The molecule has 1 aliphatic rings. The predicted molar refractivity (Wildman–Crippen MR) is 61.6 cm³/mol. The number of carbonyl (C=O) groups excluding carboxylic acids is 1. The Bertz CT molecular complexity index is 387. The minimum absolute atomic E-state index is 0.263. The Hall–Kier alpha value is -0.960. The summed E-state index contributed by atoms with van der Waals surface area (Å²) in [5.74, 6) is 1.21. The smallest absolute Gasteiger partial charge is 0.130 e. The Morgan fingerprint density at radius 3 is 3.07 bits per heavy atom. The van der Waals surface area contributed by atoms with Gasteiger partial charge in [-0.05, 0) is 25.5 Å². The van der Waals surface area contributed by atoms with Crippen LogP contribution in [0.5, 0.6) is 5.75 Å². The topological polar surface area (TPSA) is 26.3 Å². The number of carbonyl (C=O) groups is 1. The predicted octanol–water partition coefficient (Wildman–Crippen LogP) is 2.69. The molecule has 3 heteroatoms. The zero-order chi connectivity index (χ0) is 10.8. The highest BCUT2D eigenvalue weighted by molar-refractivity contribution is 8.00. The summed E-state index contributed by atoms with van der Waals surface area (Å²) in [6, 6.07) is 6.08. The van der Waals surface area contributed by atoms with Gasteiger partial charge in [0.1, 0.15) is 11.5 Å². The van der Waals surface area contributed by atoms with Gasteiger partial charge in [-0.3, -0.25) is 4.79 Å². The third-order valence-corrected chi connectivity index (χ3v) is 3.85. The average Bonchev–Trinajstić information content (AvgIpc) is 2.58. The minimum atomic E-state index is 0.263. The van der Waals surface area contributed by atoms with E-state index in [1.807, 2.05) is 12.1 Å². The fourth-order valence-electron chi connectivity index (χ4n) is 1.93. The van der Waals surface area contributed by atoms with Crippen LogP contribution in [0.2, 0.25) is 0 Å². The molecule has 0 radical (unpaired) electrons. The van der Waals surface area contributed by atoms with Crippen molar-refractivity contribution >= 4 is 17.5 Å². The van der Waals surface area contributed by atoms with E-state index in [2.05, 4.69) is 6.07 Å². The van der Waals surface area contributed by atoms with Gasteiger partial charge in [-0.25, -0.2) is 0 Å². The van der Waals surface area contributed by atoms with Gasteiger partial charge in [-0.1, -0.05) is 6.07 Å². The van der Waals surface area contributed by atoms with E-state index in [0.717, 1.165) is 12.2 Å². The number of Topliss-reactive ketones (excluding diaryl/α,β-unsaturated/α-hetero) is 1. The molecule has 0 saturated heterocycles. The summed E-state index contributed by atoms with van der Waals surface area (Å²) in [7, 11) is 1.69. The third kappa shape index (κ3) is 2.17. The van der Waals surface area contributed by atoms with Crippen molar-refractivity contribution in [2.24, 2.45) is 0 Å². The van der Waals surface area contributed by atoms with E-state index >= 15 is 0 Å². The molecule has 2 nitrogen and oxygen atoms in total. The van der Waals surface area contributed by atoms with E-state index < -0.39 is 0 Å². The van der Waals surface area contributed by atoms with Gasteiger partial charge in [0.15, 0.2) is 0 Å². The van der Waals surface area contributed by atoms with Gasteiger partial charge in [0, 0.05) is 22.1 Å². The lowest BCUT2D eigenvalue weighted by atomic mass is 10.1. The number of hydrogen-bond acceptors (Lipinski definition) is 3. The molecule has 1 aromatic rings. The Kier molecular flexibility index (Phi) is 3.00. The van der Waals surface area contributed by atoms with Gasteiger partial charge in [0.05, 0.1) is 7.11 Å². The Morgan fingerprint density at radius 1 is 1.60 bits per heavy atom. The van der Waals surface area contributed by atoms with Gasteiger partial charge in [0.2, 0.25) is 0 Å². The Morgan fingerprint density at radius 2 is 2.40 bits per heavy atom. The van der Waals surface area contributed by atoms with E-state index in [4.69, 9.17) is 4.74 Å². The Balaban J connectivity index is 2.19. The molecule has 1 unspecified atom stereocenters. The highest BCUT2D eigenvalue weighted by Crippen LogP contribution is 2.42. The quantitative estimate of drug-likeness (QED) is 0.786. The molecular weight excluding hydrogens is 208 g/mol. The van der Waals surface area contributed by atoms with Crippen LogP contribution < -0.4 is 4.74 Å². The van der Waals surface area contributed by atoms with Crippen molar-refractivity contribution in [1.82, 2.24) is 0 Å². The molecular formula is C12H14O2S. The van der Waals surface area contributed by atoms with Crippen LogP contribution in [-0.4, -0.2) is 18.1 Å².